The lowest BCUT2D eigenvalue weighted by atomic mass is 10.1. The zero-order chi connectivity index (χ0) is 21.2. The van der Waals surface area contributed by atoms with Gasteiger partial charge in [0.05, 0.1) is 13.2 Å². The minimum Gasteiger partial charge on any atom is -0.493 e. The molecule has 1 saturated carbocycles. The molecule has 1 aromatic carbocycles. The molecule has 1 N–H and O–H groups in total. The Balaban J connectivity index is 1.88. The van der Waals surface area contributed by atoms with E-state index in [0.29, 0.717) is 11.5 Å². The molecule has 6 heteroatoms. The number of rotatable bonds is 8. The van der Waals surface area contributed by atoms with Gasteiger partial charge >= 0.3 is 5.97 Å². The van der Waals surface area contributed by atoms with Crippen LogP contribution in [0.5, 0.6) is 11.5 Å². The van der Waals surface area contributed by atoms with Crippen molar-refractivity contribution in [3.05, 3.63) is 29.8 Å². The maximum Gasteiger partial charge on any atom is 0.331 e. The van der Waals surface area contributed by atoms with Crippen LogP contribution >= 0.6 is 0 Å². The van der Waals surface area contributed by atoms with Gasteiger partial charge in [0.25, 0.3) is 5.91 Å². The molecule has 29 heavy (non-hydrogen) atoms. The van der Waals surface area contributed by atoms with Crippen molar-refractivity contribution in [2.45, 2.75) is 77.5 Å². The first-order valence-corrected chi connectivity index (χ1v) is 10.4. The normalized spacial score (nSPS) is 16.3. The molecule has 160 valence electrons. The van der Waals surface area contributed by atoms with Crippen molar-refractivity contribution in [1.29, 1.82) is 0 Å². The van der Waals surface area contributed by atoms with Gasteiger partial charge < -0.3 is 19.5 Å². The third-order valence-corrected chi connectivity index (χ3v) is 4.83. The van der Waals surface area contributed by atoms with E-state index in [1.165, 1.54) is 18.9 Å². The predicted molar refractivity (Wildman–Crippen MR) is 113 cm³/mol. The number of benzene rings is 1. The number of ether oxygens (including phenoxy) is 3. The minimum absolute atomic E-state index is 0.0332. The summed E-state index contributed by atoms with van der Waals surface area (Å²) in [5, 5.41) is 3.00. The Morgan fingerprint density at radius 1 is 1.07 bits per heavy atom. The summed E-state index contributed by atoms with van der Waals surface area (Å²) in [6.45, 7) is 5.48. The molecule has 0 aliphatic heterocycles. The largest absolute Gasteiger partial charge is 0.493 e. The highest BCUT2D eigenvalue weighted by molar-refractivity contribution is 5.90. The number of carbonyl (C=O) groups excluding carboxylic acids is 2. The van der Waals surface area contributed by atoms with Crippen LogP contribution in [0, 0.1) is 0 Å². The van der Waals surface area contributed by atoms with Gasteiger partial charge in [-0.05, 0) is 57.4 Å². The van der Waals surface area contributed by atoms with E-state index in [0.717, 1.165) is 31.2 Å². The van der Waals surface area contributed by atoms with Gasteiger partial charge in [-0.15, -0.1) is 0 Å². The van der Waals surface area contributed by atoms with Crippen molar-refractivity contribution in [1.82, 2.24) is 5.32 Å². The predicted octanol–water partition coefficient (Wildman–Crippen LogP) is 4.27. The van der Waals surface area contributed by atoms with E-state index in [1.807, 2.05) is 19.9 Å². The van der Waals surface area contributed by atoms with E-state index in [4.69, 9.17) is 14.2 Å². The molecule has 1 amide bonds. The van der Waals surface area contributed by atoms with Gasteiger partial charge in [-0.3, -0.25) is 4.79 Å². The number of nitrogens with one attached hydrogen (secondary N) is 1. The van der Waals surface area contributed by atoms with Crippen LogP contribution in [0.25, 0.3) is 6.08 Å². The van der Waals surface area contributed by atoms with Crippen molar-refractivity contribution in [2.24, 2.45) is 0 Å². The highest BCUT2D eigenvalue weighted by Gasteiger charge is 2.21. The molecule has 0 aromatic heterocycles. The van der Waals surface area contributed by atoms with Crippen molar-refractivity contribution in [3.63, 3.8) is 0 Å². The van der Waals surface area contributed by atoms with Gasteiger partial charge in [0.2, 0.25) is 0 Å². The van der Waals surface area contributed by atoms with Crippen molar-refractivity contribution in [2.75, 3.05) is 7.11 Å². The average molecular weight is 404 g/mol. The number of methoxy groups -OCH3 is 1. The standard InChI is InChI=1S/C23H33NO5/c1-16(2)28-20-13-11-18(15-21(20)27-4)12-14-22(25)29-17(3)23(26)24-19-9-7-5-6-8-10-19/h11-17,19H,5-10H2,1-4H3,(H,24,26)/b14-12+/t17-/m1/s1. The fourth-order valence-electron chi connectivity index (χ4n) is 3.31. The quantitative estimate of drug-likeness (QED) is 0.399. The van der Waals surface area contributed by atoms with Crippen LogP contribution in [-0.4, -0.2) is 37.2 Å². The Kier molecular flexibility index (Phi) is 9.03. The van der Waals surface area contributed by atoms with E-state index < -0.39 is 12.1 Å². The van der Waals surface area contributed by atoms with Gasteiger partial charge in [0.1, 0.15) is 0 Å². The summed E-state index contributed by atoms with van der Waals surface area (Å²) in [5.41, 5.74) is 0.769. The SMILES string of the molecule is COc1cc(/C=C/C(=O)O[C@H](C)C(=O)NC2CCCCCC2)ccc1OC(C)C. The molecule has 0 heterocycles. The minimum atomic E-state index is -0.827. The molecule has 0 bridgehead atoms. The molecule has 0 saturated heterocycles. The van der Waals surface area contributed by atoms with E-state index in [2.05, 4.69) is 5.32 Å². The second-order valence-electron chi connectivity index (χ2n) is 7.69. The van der Waals surface area contributed by atoms with Crippen LogP contribution in [0.2, 0.25) is 0 Å². The Morgan fingerprint density at radius 2 is 1.76 bits per heavy atom. The smallest absolute Gasteiger partial charge is 0.331 e. The van der Waals surface area contributed by atoms with Crippen LogP contribution < -0.4 is 14.8 Å². The summed E-state index contributed by atoms with van der Waals surface area (Å²) in [5.74, 6) is 0.432. The summed E-state index contributed by atoms with van der Waals surface area (Å²) in [6.07, 6.45) is 8.83. The number of carbonyl (C=O) groups is 2. The summed E-state index contributed by atoms with van der Waals surface area (Å²) in [6, 6.07) is 5.59. The molecule has 1 aliphatic carbocycles. The molecule has 1 aromatic rings. The maximum atomic E-state index is 12.3. The molecule has 2 rings (SSSR count). The first kappa shape index (κ1) is 22.8. The average Bonchev–Trinajstić information content (AvgIpc) is 2.95. The van der Waals surface area contributed by atoms with Crippen LogP contribution in [0.15, 0.2) is 24.3 Å². The van der Waals surface area contributed by atoms with Gasteiger partial charge in [-0.1, -0.05) is 31.7 Å². The molecular formula is C23H33NO5. The third kappa shape index (κ3) is 7.80. The lowest BCUT2D eigenvalue weighted by molar-refractivity contribution is -0.150. The molecular weight excluding hydrogens is 370 g/mol. The highest BCUT2D eigenvalue weighted by atomic mass is 16.5. The molecule has 1 aliphatic rings. The van der Waals surface area contributed by atoms with Gasteiger partial charge in [-0.2, -0.15) is 0 Å². The van der Waals surface area contributed by atoms with Gasteiger partial charge in [0.15, 0.2) is 17.6 Å². The second-order valence-corrected chi connectivity index (χ2v) is 7.69. The van der Waals surface area contributed by atoms with E-state index >= 15 is 0 Å². The number of hydrogen-bond acceptors (Lipinski definition) is 5. The number of amides is 1. The summed E-state index contributed by atoms with van der Waals surface area (Å²) in [4.78, 5) is 24.4. The highest BCUT2D eigenvalue weighted by Crippen LogP contribution is 2.29. The van der Waals surface area contributed by atoms with Crippen molar-refractivity contribution < 1.29 is 23.8 Å². The fourth-order valence-corrected chi connectivity index (χ4v) is 3.31. The monoisotopic (exact) mass is 403 g/mol. The van der Waals surface area contributed by atoms with Crippen molar-refractivity contribution in [3.8, 4) is 11.5 Å². The molecule has 1 atom stereocenters. The summed E-state index contributed by atoms with van der Waals surface area (Å²) >= 11 is 0. The van der Waals surface area contributed by atoms with Crippen LogP contribution in [-0.2, 0) is 14.3 Å². The summed E-state index contributed by atoms with van der Waals surface area (Å²) in [7, 11) is 1.57. The van der Waals surface area contributed by atoms with Crippen LogP contribution in [0.3, 0.4) is 0 Å². The molecule has 6 nitrogen and oxygen atoms in total. The molecule has 0 radical (unpaired) electrons. The van der Waals surface area contributed by atoms with Gasteiger partial charge in [-0.25, -0.2) is 4.79 Å². The Hall–Kier alpha value is -2.50. The zero-order valence-electron chi connectivity index (χ0n) is 17.9. The number of esters is 1. The number of hydrogen-bond donors (Lipinski definition) is 1. The Bertz CT molecular complexity index is 705. The molecule has 1 fully saturated rings. The Morgan fingerprint density at radius 3 is 2.38 bits per heavy atom. The molecule has 0 unspecified atom stereocenters. The summed E-state index contributed by atoms with van der Waals surface area (Å²) < 4.78 is 16.3. The van der Waals surface area contributed by atoms with E-state index in [-0.39, 0.29) is 18.1 Å². The fraction of sp³-hybridized carbons (Fsp3) is 0.565. The van der Waals surface area contributed by atoms with E-state index in [9.17, 15) is 9.59 Å². The Labute approximate surface area is 173 Å². The van der Waals surface area contributed by atoms with Crippen LogP contribution in [0.1, 0.15) is 64.9 Å². The lowest BCUT2D eigenvalue weighted by Crippen LogP contribution is -2.41. The van der Waals surface area contributed by atoms with E-state index in [1.54, 1.807) is 32.2 Å². The third-order valence-electron chi connectivity index (χ3n) is 4.83. The first-order chi connectivity index (χ1) is 13.9. The van der Waals surface area contributed by atoms with Crippen molar-refractivity contribution >= 4 is 18.0 Å². The topological polar surface area (TPSA) is 73.9 Å². The second kappa shape index (κ2) is 11.5. The van der Waals surface area contributed by atoms with Gasteiger partial charge in [0, 0.05) is 12.1 Å². The zero-order valence-corrected chi connectivity index (χ0v) is 17.9. The molecule has 0 spiro atoms. The maximum absolute atomic E-state index is 12.3. The van der Waals surface area contributed by atoms with Crippen LogP contribution in [0.4, 0.5) is 0 Å². The lowest BCUT2D eigenvalue weighted by Gasteiger charge is -2.19. The first-order valence-electron chi connectivity index (χ1n) is 10.4.